The number of hydrogen-bond donors (Lipinski definition) is 0. The van der Waals surface area contributed by atoms with E-state index in [1.165, 1.54) is 18.9 Å². The van der Waals surface area contributed by atoms with Crippen LogP contribution in [0.15, 0.2) is 24.3 Å². The minimum atomic E-state index is -0.198. The van der Waals surface area contributed by atoms with Crippen molar-refractivity contribution in [3.05, 3.63) is 35.6 Å². The smallest absolute Gasteiger partial charge is 0.132 e. The number of hydrogen-bond acceptors (Lipinski definition) is 2. The van der Waals surface area contributed by atoms with Crippen LogP contribution in [0, 0.1) is 17.7 Å². The topological polar surface area (TPSA) is 26.3 Å². The van der Waals surface area contributed by atoms with E-state index < -0.39 is 0 Å². The van der Waals surface area contributed by atoms with Gasteiger partial charge in [0.05, 0.1) is 12.7 Å². The molecule has 0 amide bonds. The van der Waals surface area contributed by atoms with Gasteiger partial charge in [0.1, 0.15) is 11.6 Å². The number of Topliss-reactive ketones (excluding diaryl/α,β-unsaturated/α-hetero) is 1. The van der Waals surface area contributed by atoms with Gasteiger partial charge in [0.2, 0.25) is 0 Å². The second-order valence-electron chi connectivity index (χ2n) is 6.85. The van der Waals surface area contributed by atoms with Gasteiger partial charge in [0.25, 0.3) is 0 Å². The summed E-state index contributed by atoms with van der Waals surface area (Å²) in [5.74, 6) is 1.78. The zero-order chi connectivity index (χ0) is 15.4. The zero-order valence-electron chi connectivity index (χ0n) is 13.1. The molecule has 0 unspecified atom stereocenters. The van der Waals surface area contributed by atoms with Crippen molar-refractivity contribution in [2.75, 3.05) is 0 Å². The van der Waals surface area contributed by atoms with Crippen LogP contribution in [0.25, 0.3) is 0 Å². The summed E-state index contributed by atoms with van der Waals surface area (Å²) in [5.41, 5.74) is 0.910. The fourth-order valence-corrected chi connectivity index (χ4v) is 4.00. The van der Waals surface area contributed by atoms with Crippen LogP contribution in [0.3, 0.4) is 0 Å². The summed E-state index contributed by atoms with van der Waals surface area (Å²) in [6.45, 7) is 0.505. The van der Waals surface area contributed by atoms with E-state index in [2.05, 4.69) is 0 Å². The Kier molecular flexibility index (Phi) is 5.24. The Morgan fingerprint density at radius 1 is 1.00 bits per heavy atom. The van der Waals surface area contributed by atoms with Crippen molar-refractivity contribution in [3.63, 3.8) is 0 Å². The molecule has 0 radical (unpaired) electrons. The highest BCUT2D eigenvalue weighted by Gasteiger charge is 2.30. The van der Waals surface area contributed by atoms with E-state index in [1.54, 1.807) is 12.1 Å². The molecule has 2 nitrogen and oxygen atoms in total. The van der Waals surface area contributed by atoms with Crippen molar-refractivity contribution in [2.24, 2.45) is 11.8 Å². The third-order valence-electron chi connectivity index (χ3n) is 5.35. The molecule has 0 aromatic heterocycles. The molecule has 0 heterocycles. The first-order valence-electron chi connectivity index (χ1n) is 8.58. The average Bonchev–Trinajstić information content (AvgIpc) is 2.54. The van der Waals surface area contributed by atoms with Crippen molar-refractivity contribution in [2.45, 2.75) is 64.1 Å². The van der Waals surface area contributed by atoms with Gasteiger partial charge in [0, 0.05) is 12.8 Å². The number of benzene rings is 1. The van der Waals surface area contributed by atoms with Gasteiger partial charge in [-0.25, -0.2) is 4.39 Å². The molecule has 1 aromatic rings. The molecule has 0 saturated heterocycles. The average molecular weight is 304 g/mol. The second kappa shape index (κ2) is 7.36. The molecule has 2 fully saturated rings. The highest BCUT2D eigenvalue weighted by atomic mass is 19.1. The Morgan fingerprint density at radius 2 is 1.68 bits per heavy atom. The number of carbonyl (C=O) groups is 1. The first kappa shape index (κ1) is 15.7. The lowest BCUT2D eigenvalue weighted by Crippen LogP contribution is -2.28. The lowest BCUT2D eigenvalue weighted by atomic mass is 9.72. The molecule has 0 atom stereocenters. The van der Waals surface area contributed by atoms with Gasteiger partial charge in [-0.2, -0.15) is 0 Å². The maximum atomic E-state index is 13.1. The molecule has 0 aliphatic heterocycles. The lowest BCUT2D eigenvalue weighted by molar-refractivity contribution is -0.121. The van der Waals surface area contributed by atoms with E-state index in [-0.39, 0.29) is 5.82 Å². The third-order valence-corrected chi connectivity index (χ3v) is 5.35. The zero-order valence-corrected chi connectivity index (χ0v) is 13.1. The maximum Gasteiger partial charge on any atom is 0.132 e. The largest absolute Gasteiger partial charge is 0.374 e. The van der Waals surface area contributed by atoms with Gasteiger partial charge >= 0.3 is 0 Å². The van der Waals surface area contributed by atoms with Crippen molar-refractivity contribution in [1.82, 2.24) is 0 Å². The monoisotopic (exact) mass is 304 g/mol. The quantitative estimate of drug-likeness (QED) is 0.808. The summed E-state index contributed by atoms with van der Waals surface area (Å²) in [4.78, 5) is 11.3. The van der Waals surface area contributed by atoms with Crippen molar-refractivity contribution in [3.8, 4) is 0 Å². The molecule has 22 heavy (non-hydrogen) atoms. The van der Waals surface area contributed by atoms with E-state index >= 15 is 0 Å². The van der Waals surface area contributed by atoms with Crippen molar-refractivity contribution in [1.29, 1.82) is 0 Å². The van der Waals surface area contributed by atoms with Gasteiger partial charge in [-0.05, 0) is 68.1 Å². The first-order chi connectivity index (χ1) is 10.7. The predicted molar refractivity (Wildman–Crippen MR) is 83.9 cm³/mol. The van der Waals surface area contributed by atoms with Crippen LogP contribution in [0.5, 0.6) is 0 Å². The summed E-state index contributed by atoms with van der Waals surface area (Å²) < 4.78 is 19.1. The fraction of sp³-hybridized carbons (Fsp3) is 0.632. The normalized spacial score (nSPS) is 27.0. The van der Waals surface area contributed by atoms with Gasteiger partial charge < -0.3 is 4.74 Å². The minimum absolute atomic E-state index is 0.198. The number of carbonyl (C=O) groups excluding carboxylic acids is 1. The summed E-state index contributed by atoms with van der Waals surface area (Å²) in [5, 5.41) is 0. The minimum Gasteiger partial charge on any atom is -0.374 e. The van der Waals surface area contributed by atoms with Crippen LogP contribution in [0.2, 0.25) is 0 Å². The first-order valence-corrected chi connectivity index (χ1v) is 8.58. The van der Waals surface area contributed by atoms with Crippen LogP contribution < -0.4 is 0 Å². The SMILES string of the molecule is O=C1CCC(C2CCC(OCc3cccc(F)c3)CC2)CC1. The molecule has 0 bridgehead atoms. The highest BCUT2D eigenvalue weighted by Crippen LogP contribution is 2.38. The Hall–Kier alpha value is -1.22. The molecule has 0 N–H and O–H groups in total. The van der Waals surface area contributed by atoms with Crippen LogP contribution in [0.4, 0.5) is 4.39 Å². The lowest BCUT2D eigenvalue weighted by Gasteiger charge is -2.35. The Morgan fingerprint density at radius 3 is 2.36 bits per heavy atom. The Labute approximate surface area is 132 Å². The van der Waals surface area contributed by atoms with Crippen molar-refractivity contribution >= 4 is 5.78 Å². The second-order valence-corrected chi connectivity index (χ2v) is 6.85. The van der Waals surface area contributed by atoms with E-state index in [9.17, 15) is 9.18 Å². The third kappa shape index (κ3) is 4.16. The standard InChI is InChI=1S/C19H25FO2/c20-17-3-1-2-14(12-17)13-22-19-10-6-16(7-11-19)15-4-8-18(21)9-5-15/h1-3,12,15-16,19H,4-11,13H2. The predicted octanol–water partition coefficient (Wildman–Crippen LogP) is 4.66. The Bertz CT molecular complexity index is 496. The number of ketones is 1. The van der Waals surface area contributed by atoms with Crippen LogP contribution in [0.1, 0.15) is 56.9 Å². The number of ether oxygens (including phenoxy) is 1. The summed E-state index contributed by atoms with van der Waals surface area (Å²) in [7, 11) is 0. The molecule has 2 aliphatic carbocycles. The molecule has 120 valence electrons. The molecular weight excluding hydrogens is 279 g/mol. The van der Waals surface area contributed by atoms with Crippen LogP contribution in [-0.4, -0.2) is 11.9 Å². The van der Waals surface area contributed by atoms with E-state index in [1.807, 2.05) is 6.07 Å². The summed E-state index contributed by atoms with van der Waals surface area (Å²) in [6, 6.07) is 6.65. The number of halogens is 1. The van der Waals surface area contributed by atoms with Gasteiger partial charge in [-0.15, -0.1) is 0 Å². The molecule has 0 spiro atoms. The number of rotatable bonds is 4. The molecule has 2 saturated carbocycles. The molecule has 3 rings (SSSR count). The molecule has 3 heteroatoms. The molecule has 2 aliphatic rings. The van der Waals surface area contributed by atoms with Gasteiger partial charge in [-0.3, -0.25) is 4.79 Å². The van der Waals surface area contributed by atoms with E-state index in [0.29, 0.717) is 18.5 Å². The van der Waals surface area contributed by atoms with Gasteiger partial charge in [0.15, 0.2) is 0 Å². The van der Waals surface area contributed by atoms with Crippen LogP contribution in [-0.2, 0) is 16.1 Å². The van der Waals surface area contributed by atoms with E-state index in [0.717, 1.165) is 55.9 Å². The summed E-state index contributed by atoms with van der Waals surface area (Å²) >= 11 is 0. The maximum absolute atomic E-state index is 13.1. The molecule has 1 aromatic carbocycles. The van der Waals surface area contributed by atoms with E-state index in [4.69, 9.17) is 4.74 Å². The highest BCUT2D eigenvalue weighted by molar-refractivity contribution is 5.79. The Balaban J connectivity index is 1.41. The van der Waals surface area contributed by atoms with Crippen LogP contribution >= 0.6 is 0 Å². The fourth-order valence-electron chi connectivity index (χ4n) is 4.00. The summed E-state index contributed by atoms with van der Waals surface area (Å²) in [6.07, 6.45) is 8.72. The van der Waals surface area contributed by atoms with Crippen molar-refractivity contribution < 1.29 is 13.9 Å². The molecular formula is C19H25FO2. The van der Waals surface area contributed by atoms with Gasteiger partial charge in [-0.1, -0.05) is 12.1 Å².